The third-order valence-electron chi connectivity index (χ3n) is 4.02. The van der Waals surface area contributed by atoms with Crippen LogP contribution in [0.5, 0.6) is 0 Å². The van der Waals surface area contributed by atoms with E-state index < -0.39 is 62.4 Å². The number of fused-ring (bicyclic) bond motifs is 1. The molecule has 0 amide bonds. The van der Waals surface area contributed by atoms with Crippen LogP contribution in [0.3, 0.4) is 0 Å². The first-order valence-electron chi connectivity index (χ1n) is 8.57. The maximum absolute atomic E-state index is 11.8. The van der Waals surface area contributed by atoms with Gasteiger partial charge in [0.25, 0.3) is 23.5 Å². The number of anilines is 1. The molecule has 1 saturated heterocycles. The van der Waals surface area contributed by atoms with Crippen LogP contribution in [0.1, 0.15) is 6.23 Å². The summed E-state index contributed by atoms with van der Waals surface area (Å²) in [4.78, 5) is 75.3. The molecule has 3 unspecified atom stereocenters. The van der Waals surface area contributed by atoms with Crippen LogP contribution in [-0.4, -0.2) is 54.4 Å². The molecule has 1 aliphatic heterocycles. The third kappa shape index (κ3) is 7.41. The van der Waals surface area contributed by atoms with E-state index >= 15 is 0 Å². The molecule has 0 aliphatic carbocycles. The lowest BCUT2D eigenvalue weighted by molar-refractivity contribution is -0.340. The monoisotopic (exact) mass is 582 g/mol. The van der Waals surface area contributed by atoms with Gasteiger partial charge >= 0.3 is 0 Å². The van der Waals surface area contributed by atoms with Crippen LogP contribution in [0.25, 0.3) is 11.2 Å². The summed E-state index contributed by atoms with van der Waals surface area (Å²) in [7, 11) is -23.8. The fraction of sp³-hybridized carbons (Fsp3) is 0.500. The molecule has 3 rings (SSSR count). The number of nitrogens with two attached hydrogens (primary N) is 1. The number of nitrogens with zero attached hydrogens (tertiary/aromatic N) is 4. The number of nitrogen functional groups attached to an aromatic ring is 1. The van der Waals surface area contributed by atoms with E-state index in [1.165, 1.54) is 0 Å². The molecule has 0 aromatic carbocycles. The van der Waals surface area contributed by atoms with E-state index in [1.54, 1.807) is 0 Å². The zero-order chi connectivity index (χ0) is 26.4. The predicted molar refractivity (Wildman–Crippen MR) is 95.3 cm³/mol. The molecule has 4 N–H and O–H groups in total. The van der Waals surface area contributed by atoms with Gasteiger partial charge in [-0.25, -0.2) is 19.3 Å². The molecule has 0 saturated carbocycles. The van der Waals surface area contributed by atoms with Crippen molar-refractivity contribution < 1.29 is 75.1 Å². The number of ether oxygens (including phenoxy) is 1. The van der Waals surface area contributed by atoms with Crippen molar-refractivity contribution in [3.05, 3.63) is 12.7 Å². The van der Waals surface area contributed by atoms with E-state index in [2.05, 4.69) is 32.6 Å². The average molecular weight is 582 g/mol. The highest BCUT2D eigenvalue weighted by atomic mass is 31.3. The molecular weight excluding hydrogens is 570 g/mol. The lowest BCUT2D eigenvalue weighted by Crippen LogP contribution is -2.37. The Hall–Kier alpha value is -1.21. The van der Waals surface area contributed by atoms with E-state index in [9.17, 15) is 47.8 Å². The number of phosphoric acid groups is 4. The van der Waals surface area contributed by atoms with E-state index in [0.29, 0.717) is 0 Å². The Balaban J connectivity index is 1.91. The van der Waals surface area contributed by atoms with Crippen molar-refractivity contribution in [1.82, 2.24) is 19.5 Å². The number of hydrogen-bond acceptors (Lipinski definition) is 19. The molecular formula is C10H12N5O16P4-5. The largest absolute Gasteiger partial charge is 0.790 e. The highest BCUT2D eigenvalue weighted by Crippen LogP contribution is 2.55. The quantitative estimate of drug-likeness (QED) is 0.222. The molecule has 0 radical (unpaired) electrons. The number of rotatable bonds is 10. The van der Waals surface area contributed by atoms with Gasteiger partial charge < -0.3 is 58.6 Å². The molecule has 0 spiro atoms. The van der Waals surface area contributed by atoms with Gasteiger partial charge in [-0.3, -0.25) is 22.6 Å². The summed E-state index contributed by atoms with van der Waals surface area (Å²) in [5.74, 6) is -0.108. The normalized spacial score (nSPS) is 28.4. The first-order chi connectivity index (χ1) is 15.9. The van der Waals surface area contributed by atoms with Crippen LogP contribution in [0.2, 0.25) is 0 Å². The van der Waals surface area contributed by atoms with Crippen LogP contribution in [0.4, 0.5) is 5.82 Å². The van der Waals surface area contributed by atoms with Gasteiger partial charge in [-0.05, 0) is 0 Å². The summed E-state index contributed by atoms with van der Waals surface area (Å²) in [6.45, 7) is -1.32. The molecule has 7 atom stereocenters. The van der Waals surface area contributed by atoms with Crippen molar-refractivity contribution in [2.24, 2.45) is 0 Å². The number of imidazole rings is 1. The average Bonchev–Trinajstić information content (AvgIpc) is 3.19. The fourth-order valence-corrected chi connectivity index (χ4v) is 6.10. The summed E-state index contributed by atoms with van der Waals surface area (Å²) in [6.07, 6.45) is -5.97. The van der Waals surface area contributed by atoms with Gasteiger partial charge in [-0.2, -0.15) is 0 Å². The highest BCUT2D eigenvalue weighted by Gasteiger charge is 2.48. The Bertz CT molecular complexity index is 1270. The molecule has 3 heterocycles. The van der Waals surface area contributed by atoms with Crippen LogP contribution >= 0.6 is 31.3 Å². The Morgan fingerprint density at radius 2 is 1.71 bits per heavy atom. The molecule has 25 heteroatoms. The fourth-order valence-electron chi connectivity index (χ4n) is 2.88. The minimum Gasteiger partial charge on any atom is -0.790 e. The Labute approximate surface area is 193 Å². The smallest absolute Gasteiger partial charge is 0.274 e. The van der Waals surface area contributed by atoms with E-state index in [-0.39, 0.29) is 17.0 Å². The number of phosphoric ester groups is 2. The lowest BCUT2D eigenvalue weighted by Gasteiger charge is -2.37. The van der Waals surface area contributed by atoms with Crippen LogP contribution < -0.4 is 30.2 Å². The van der Waals surface area contributed by atoms with Gasteiger partial charge in [0.1, 0.15) is 30.2 Å². The molecule has 0 bridgehead atoms. The summed E-state index contributed by atoms with van der Waals surface area (Å²) in [5.41, 5.74) is 5.57. The Morgan fingerprint density at radius 1 is 1.06 bits per heavy atom. The highest BCUT2D eigenvalue weighted by molar-refractivity contribution is 7.59. The van der Waals surface area contributed by atoms with Crippen molar-refractivity contribution >= 4 is 48.3 Å². The molecule has 21 nitrogen and oxygen atoms in total. The SMILES string of the molecule is Nc1ncnc2c1ncn2[C@@H]1O[C@H](COP(=O)([O-])OP(=O)([O-])O)[C@@H](OP(=O)([O-])OP(=O)([O-])[O-])[C@H]1O. The van der Waals surface area contributed by atoms with Crippen LogP contribution in [0, 0.1) is 0 Å². The summed E-state index contributed by atoms with van der Waals surface area (Å²) in [5, 5.41) is 10.6. The summed E-state index contributed by atoms with van der Waals surface area (Å²) >= 11 is 0. The van der Waals surface area contributed by atoms with Gasteiger partial charge in [0, 0.05) is 0 Å². The van der Waals surface area contributed by atoms with Crippen molar-refractivity contribution in [3.8, 4) is 0 Å². The van der Waals surface area contributed by atoms with Crippen molar-refractivity contribution in [3.63, 3.8) is 0 Å². The van der Waals surface area contributed by atoms with Crippen LogP contribution in [-0.2, 0) is 40.7 Å². The second-order valence-electron chi connectivity index (χ2n) is 6.48. The zero-order valence-electron chi connectivity index (χ0n) is 16.4. The third-order valence-corrected chi connectivity index (χ3v) is 8.21. The molecule has 2 aromatic heterocycles. The molecule has 35 heavy (non-hydrogen) atoms. The molecule has 1 fully saturated rings. The first kappa shape index (κ1) is 28.4. The van der Waals surface area contributed by atoms with E-state index in [0.717, 1.165) is 17.2 Å². The second-order valence-corrected chi connectivity index (χ2v) is 11.9. The second kappa shape index (κ2) is 9.92. The maximum atomic E-state index is 11.8. The van der Waals surface area contributed by atoms with Crippen molar-refractivity contribution in [2.75, 3.05) is 12.3 Å². The van der Waals surface area contributed by atoms with Gasteiger partial charge in [0.15, 0.2) is 17.7 Å². The van der Waals surface area contributed by atoms with Gasteiger partial charge in [-0.15, -0.1) is 0 Å². The minimum atomic E-state index is -6.16. The van der Waals surface area contributed by atoms with Crippen molar-refractivity contribution in [2.45, 2.75) is 24.5 Å². The lowest BCUT2D eigenvalue weighted by atomic mass is 10.1. The standard InChI is InChI=1S/C10H17N5O16P4/c11-8-5-9(13-2-12-8)15(3-14-5)10-6(16)7(29-35(25,26)31-33(20,21)22)4(28-10)1-27-34(23,24)30-32(17,18)19/h2-4,6-7,10,16H,1H2,(H,23,24)(H,25,26)(H2,11,12,13)(H2,17,18,19)(H2,20,21,22)/p-5/t4-,6-,7-,10-/m1/s1. The van der Waals surface area contributed by atoms with Crippen LogP contribution in [0.15, 0.2) is 12.7 Å². The minimum absolute atomic E-state index is 0.00329. The van der Waals surface area contributed by atoms with Crippen molar-refractivity contribution in [1.29, 1.82) is 0 Å². The topological polar surface area (TPSA) is 340 Å². The summed E-state index contributed by atoms with van der Waals surface area (Å²) in [6, 6.07) is 0. The Kier molecular flexibility index (Phi) is 8.04. The Morgan fingerprint density at radius 3 is 2.31 bits per heavy atom. The molecule has 1 aliphatic rings. The molecule has 2 aromatic rings. The molecule has 198 valence electrons. The van der Waals surface area contributed by atoms with E-state index in [4.69, 9.17) is 15.4 Å². The predicted octanol–water partition coefficient (Wildman–Crippen LogP) is -4.67. The number of aromatic nitrogens is 4. The number of aliphatic hydroxyl groups is 1. The van der Waals surface area contributed by atoms with Gasteiger partial charge in [0.2, 0.25) is 0 Å². The first-order valence-corrected chi connectivity index (χ1v) is 14.5. The van der Waals surface area contributed by atoms with E-state index in [1.807, 2.05) is 0 Å². The maximum Gasteiger partial charge on any atom is 0.274 e. The van der Waals surface area contributed by atoms with Gasteiger partial charge in [-0.1, -0.05) is 0 Å². The summed E-state index contributed by atoms with van der Waals surface area (Å²) < 4.78 is 66.3. The van der Waals surface area contributed by atoms with Gasteiger partial charge in [0.05, 0.1) is 20.8 Å². The number of hydrogen-bond donors (Lipinski definition) is 3. The zero-order valence-corrected chi connectivity index (χ0v) is 20.0. The number of aliphatic hydroxyl groups excluding tert-OH is 1.